The van der Waals surface area contributed by atoms with E-state index in [0.717, 1.165) is 22.6 Å². The van der Waals surface area contributed by atoms with Crippen LogP contribution in [0.5, 0.6) is 5.75 Å². The number of nitrogens with zero attached hydrogens (tertiary/aromatic N) is 1. The minimum atomic E-state index is 0.161. The first kappa shape index (κ1) is 12.7. The van der Waals surface area contributed by atoms with Crippen LogP contribution in [0.4, 0.5) is 5.69 Å². The van der Waals surface area contributed by atoms with E-state index >= 15 is 0 Å². The maximum atomic E-state index is 12.2. The van der Waals surface area contributed by atoms with Crippen molar-refractivity contribution in [1.82, 2.24) is 0 Å². The zero-order chi connectivity index (χ0) is 14.1. The highest BCUT2D eigenvalue weighted by molar-refractivity contribution is 6.01. The van der Waals surface area contributed by atoms with Crippen LogP contribution in [-0.2, 0) is 17.8 Å². The number of hydrogen-bond acceptors (Lipinski definition) is 2. The lowest BCUT2D eigenvalue weighted by atomic mass is 10.1. The Morgan fingerprint density at radius 3 is 2.85 bits per heavy atom. The molecule has 3 nitrogen and oxygen atoms in total. The molecule has 2 aromatic rings. The molecule has 0 saturated heterocycles. The number of hydrogen-bond donors (Lipinski definition) is 0. The van der Waals surface area contributed by atoms with Crippen LogP contribution in [0.15, 0.2) is 42.5 Å². The summed E-state index contributed by atoms with van der Waals surface area (Å²) in [6.45, 7) is 2.64. The minimum absolute atomic E-state index is 0.161. The summed E-state index contributed by atoms with van der Waals surface area (Å²) in [5.74, 6) is 0.978. The van der Waals surface area contributed by atoms with Crippen molar-refractivity contribution in [2.75, 3.05) is 12.0 Å². The van der Waals surface area contributed by atoms with Gasteiger partial charge in [-0.2, -0.15) is 0 Å². The second-order valence-corrected chi connectivity index (χ2v) is 5.14. The highest BCUT2D eigenvalue weighted by atomic mass is 16.5. The molecular formula is C17H17NO2. The fraction of sp³-hybridized carbons (Fsp3) is 0.235. The van der Waals surface area contributed by atoms with Crippen LogP contribution in [0.1, 0.15) is 16.7 Å². The first-order chi connectivity index (χ1) is 9.67. The average molecular weight is 267 g/mol. The van der Waals surface area contributed by atoms with Crippen LogP contribution in [0.2, 0.25) is 0 Å². The first-order valence-corrected chi connectivity index (χ1v) is 6.70. The highest BCUT2D eigenvalue weighted by Gasteiger charge is 2.27. The SMILES string of the molecule is COc1cccc(CN2C(=O)Cc3cc(C)ccc32)c1. The Bertz CT molecular complexity index is 664. The summed E-state index contributed by atoms with van der Waals surface area (Å²) in [5, 5.41) is 0. The molecule has 0 saturated carbocycles. The number of benzene rings is 2. The third-order valence-corrected chi connectivity index (χ3v) is 3.64. The van der Waals surface area contributed by atoms with Gasteiger partial charge < -0.3 is 9.64 Å². The van der Waals surface area contributed by atoms with Crippen molar-refractivity contribution in [1.29, 1.82) is 0 Å². The number of amides is 1. The van der Waals surface area contributed by atoms with E-state index in [4.69, 9.17) is 4.74 Å². The second kappa shape index (κ2) is 5.00. The summed E-state index contributed by atoms with van der Waals surface area (Å²) in [4.78, 5) is 14.0. The average Bonchev–Trinajstić information content (AvgIpc) is 2.74. The highest BCUT2D eigenvalue weighted by Crippen LogP contribution is 2.31. The van der Waals surface area contributed by atoms with Gasteiger partial charge in [-0.25, -0.2) is 0 Å². The Morgan fingerprint density at radius 2 is 2.05 bits per heavy atom. The molecule has 1 aliphatic rings. The van der Waals surface area contributed by atoms with Gasteiger partial charge >= 0.3 is 0 Å². The van der Waals surface area contributed by atoms with Crippen molar-refractivity contribution in [2.24, 2.45) is 0 Å². The quantitative estimate of drug-likeness (QED) is 0.855. The molecule has 2 aromatic carbocycles. The molecule has 1 aliphatic heterocycles. The van der Waals surface area contributed by atoms with E-state index in [1.165, 1.54) is 5.56 Å². The zero-order valence-corrected chi connectivity index (χ0v) is 11.7. The number of aryl methyl sites for hydroxylation is 1. The summed E-state index contributed by atoms with van der Waals surface area (Å²) in [7, 11) is 1.65. The standard InChI is InChI=1S/C17H17NO2/c1-12-6-7-16-14(8-12)10-17(19)18(16)11-13-4-3-5-15(9-13)20-2/h3-9H,10-11H2,1-2H3. The monoisotopic (exact) mass is 267 g/mol. The lowest BCUT2D eigenvalue weighted by molar-refractivity contribution is -0.117. The van der Waals surface area contributed by atoms with E-state index in [-0.39, 0.29) is 5.91 Å². The van der Waals surface area contributed by atoms with Gasteiger partial charge in [-0.1, -0.05) is 29.8 Å². The van der Waals surface area contributed by atoms with Gasteiger partial charge in [-0.05, 0) is 36.2 Å². The smallest absolute Gasteiger partial charge is 0.231 e. The predicted octanol–water partition coefficient (Wildman–Crippen LogP) is 3.09. The number of ether oxygens (including phenoxy) is 1. The van der Waals surface area contributed by atoms with Crippen molar-refractivity contribution >= 4 is 11.6 Å². The lowest BCUT2D eigenvalue weighted by Crippen LogP contribution is -2.25. The summed E-state index contributed by atoms with van der Waals surface area (Å²) in [6.07, 6.45) is 0.501. The third-order valence-electron chi connectivity index (χ3n) is 3.64. The molecule has 0 radical (unpaired) electrons. The summed E-state index contributed by atoms with van der Waals surface area (Å²) < 4.78 is 5.23. The fourth-order valence-corrected chi connectivity index (χ4v) is 2.64. The van der Waals surface area contributed by atoms with Gasteiger partial charge in [-0.3, -0.25) is 4.79 Å². The van der Waals surface area contributed by atoms with Gasteiger partial charge in [0.1, 0.15) is 5.75 Å². The first-order valence-electron chi connectivity index (χ1n) is 6.70. The molecule has 3 rings (SSSR count). The zero-order valence-electron chi connectivity index (χ0n) is 11.7. The van der Waals surface area contributed by atoms with Crippen LogP contribution >= 0.6 is 0 Å². The van der Waals surface area contributed by atoms with Crippen LogP contribution in [0.3, 0.4) is 0 Å². The van der Waals surface area contributed by atoms with E-state index in [0.29, 0.717) is 13.0 Å². The molecule has 1 heterocycles. The van der Waals surface area contributed by atoms with Crippen molar-refractivity contribution in [3.63, 3.8) is 0 Å². The largest absolute Gasteiger partial charge is 0.497 e. The Morgan fingerprint density at radius 1 is 1.20 bits per heavy atom. The molecule has 0 bridgehead atoms. The number of rotatable bonds is 3. The number of carbonyl (C=O) groups excluding carboxylic acids is 1. The van der Waals surface area contributed by atoms with Crippen LogP contribution in [0.25, 0.3) is 0 Å². The third kappa shape index (κ3) is 2.27. The van der Waals surface area contributed by atoms with E-state index in [1.54, 1.807) is 7.11 Å². The number of methoxy groups -OCH3 is 1. The molecule has 3 heteroatoms. The molecule has 102 valence electrons. The van der Waals surface area contributed by atoms with E-state index in [9.17, 15) is 4.79 Å². The van der Waals surface area contributed by atoms with Gasteiger partial charge in [0.2, 0.25) is 5.91 Å². The van der Waals surface area contributed by atoms with Crippen molar-refractivity contribution in [2.45, 2.75) is 19.9 Å². The van der Waals surface area contributed by atoms with Crippen LogP contribution < -0.4 is 9.64 Å². The molecule has 20 heavy (non-hydrogen) atoms. The maximum Gasteiger partial charge on any atom is 0.231 e. The minimum Gasteiger partial charge on any atom is -0.497 e. The van der Waals surface area contributed by atoms with Gasteiger partial charge in [0, 0.05) is 5.69 Å². The maximum absolute atomic E-state index is 12.2. The summed E-state index contributed by atoms with van der Waals surface area (Å²) in [5.41, 5.74) is 4.42. The van der Waals surface area contributed by atoms with Gasteiger partial charge in [-0.15, -0.1) is 0 Å². The van der Waals surface area contributed by atoms with Crippen molar-refractivity contribution in [3.8, 4) is 5.75 Å². The van der Waals surface area contributed by atoms with Gasteiger partial charge in [0.25, 0.3) is 0 Å². The van der Waals surface area contributed by atoms with Crippen LogP contribution in [0, 0.1) is 6.92 Å². The molecule has 0 aliphatic carbocycles. The lowest BCUT2D eigenvalue weighted by Gasteiger charge is -2.18. The van der Waals surface area contributed by atoms with E-state index in [1.807, 2.05) is 35.2 Å². The molecule has 0 fully saturated rings. The topological polar surface area (TPSA) is 29.5 Å². The Balaban J connectivity index is 1.90. The molecule has 0 unspecified atom stereocenters. The number of fused-ring (bicyclic) bond motifs is 1. The Kier molecular flexibility index (Phi) is 3.18. The normalized spacial score (nSPS) is 13.5. The molecule has 0 N–H and O–H groups in total. The Labute approximate surface area is 118 Å². The molecule has 0 aromatic heterocycles. The summed E-state index contributed by atoms with van der Waals surface area (Å²) >= 11 is 0. The second-order valence-electron chi connectivity index (χ2n) is 5.14. The molecule has 0 atom stereocenters. The van der Waals surface area contributed by atoms with E-state index < -0.39 is 0 Å². The van der Waals surface area contributed by atoms with E-state index in [2.05, 4.69) is 19.1 Å². The fourth-order valence-electron chi connectivity index (χ4n) is 2.64. The molecule has 1 amide bonds. The van der Waals surface area contributed by atoms with Crippen molar-refractivity contribution in [3.05, 3.63) is 59.2 Å². The molecular weight excluding hydrogens is 250 g/mol. The Hall–Kier alpha value is -2.29. The van der Waals surface area contributed by atoms with Crippen molar-refractivity contribution < 1.29 is 9.53 Å². The van der Waals surface area contributed by atoms with Gasteiger partial charge in [0.15, 0.2) is 0 Å². The number of anilines is 1. The van der Waals surface area contributed by atoms with Crippen LogP contribution in [-0.4, -0.2) is 13.0 Å². The molecule has 0 spiro atoms. The predicted molar refractivity (Wildman–Crippen MR) is 79.1 cm³/mol. The summed E-state index contributed by atoms with van der Waals surface area (Å²) in [6, 6.07) is 14.0. The number of carbonyl (C=O) groups is 1. The van der Waals surface area contributed by atoms with Gasteiger partial charge in [0.05, 0.1) is 20.1 Å².